The van der Waals surface area contributed by atoms with Crippen LogP contribution in [-0.2, 0) is 0 Å². The number of carbonyl (C=O) groups is 1. The smallest absolute Gasteiger partial charge is 0.253 e. The third kappa shape index (κ3) is 3.60. The molecule has 138 valence electrons. The second-order valence-electron chi connectivity index (χ2n) is 6.73. The van der Waals surface area contributed by atoms with Crippen LogP contribution in [0.1, 0.15) is 34.6 Å². The van der Waals surface area contributed by atoms with Crippen LogP contribution in [0.3, 0.4) is 0 Å². The summed E-state index contributed by atoms with van der Waals surface area (Å²) < 4.78 is 0. The zero-order chi connectivity index (χ0) is 19.5. The second kappa shape index (κ2) is 7.56. The molecule has 0 saturated carbocycles. The summed E-state index contributed by atoms with van der Waals surface area (Å²) in [7, 11) is 0. The summed E-state index contributed by atoms with van der Waals surface area (Å²) in [6, 6.07) is 17.6. The Kier molecular flexibility index (Phi) is 4.81. The molecule has 1 atom stereocenters. The number of nitrogens with one attached hydrogen (secondary N) is 1. The number of hydrogen-bond acceptors (Lipinski definition) is 4. The highest BCUT2D eigenvalue weighted by Gasteiger charge is 2.15. The van der Waals surface area contributed by atoms with Crippen molar-refractivity contribution in [1.29, 1.82) is 0 Å². The van der Waals surface area contributed by atoms with Crippen LogP contribution in [0, 0.1) is 6.92 Å². The molecule has 1 aromatic carbocycles. The molecule has 0 aliphatic carbocycles. The first-order chi connectivity index (χ1) is 13.6. The van der Waals surface area contributed by atoms with Crippen LogP contribution in [-0.4, -0.2) is 20.9 Å². The maximum Gasteiger partial charge on any atom is 0.253 e. The molecular weight excluding hydrogens is 348 g/mol. The highest BCUT2D eigenvalue weighted by molar-refractivity contribution is 5.98. The van der Waals surface area contributed by atoms with Crippen LogP contribution in [0.2, 0.25) is 0 Å². The summed E-state index contributed by atoms with van der Waals surface area (Å²) in [5.41, 5.74) is 5.08. The number of aromatic nitrogens is 3. The van der Waals surface area contributed by atoms with Gasteiger partial charge in [-0.1, -0.05) is 30.3 Å². The monoisotopic (exact) mass is 368 g/mol. The molecular formula is C23H20N4O. The number of rotatable bonds is 4. The van der Waals surface area contributed by atoms with E-state index in [1.54, 1.807) is 12.4 Å². The molecule has 3 aromatic heterocycles. The van der Waals surface area contributed by atoms with Gasteiger partial charge in [0.1, 0.15) is 0 Å². The zero-order valence-corrected chi connectivity index (χ0v) is 15.8. The first-order valence-corrected chi connectivity index (χ1v) is 9.15. The van der Waals surface area contributed by atoms with Crippen molar-refractivity contribution in [3.8, 4) is 11.1 Å². The molecule has 0 aliphatic heterocycles. The summed E-state index contributed by atoms with van der Waals surface area (Å²) in [5.74, 6) is -0.139. The van der Waals surface area contributed by atoms with Crippen molar-refractivity contribution >= 4 is 16.9 Å². The molecule has 28 heavy (non-hydrogen) atoms. The Morgan fingerprint density at radius 3 is 2.54 bits per heavy atom. The zero-order valence-electron chi connectivity index (χ0n) is 15.8. The third-order valence-electron chi connectivity index (χ3n) is 4.78. The van der Waals surface area contributed by atoms with E-state index in [1.165, 1.54) is 0 Å². The van der Waals surface area contributed by atoms with E-state index in [9.17, 15) is 4.79 Å². The van der Waals surface area contributed by atoms with E-state index >= 15 is 0 Å². The lowest BCUT2D eigenvalue weighted by Gasteiger charge is -2.16. The summed E-state index contributed by atoms with van der Waals surface area (Å²) in [6.45, 7) is 3.80. The molecule has 3 heterocycles. The highest BCUT2D eigenvalue weighted by Crippen LogP contribution is 2.22. The molecule has 4 aromatic rings. The molecule has 0 spiro atoms. The van der Waals surface area contributed by atoms with Gasteiger partial charge in [0.15, 0.2) is 5.65 Å². The Labute approximate surface area is 163 Å². The largest absolute Gasteiger partial charge is 0.345 e. The van der Waals surface area contributed by atoms with Gasteiger partial charge >= 0.3 is 0 Å². The quantitative estimate of drug-likeness (QED) is 0.576. The molecule has 1 amide bonds. The summed E-state index contributed by atoms with van der Waals surface area (Å²) in [4.78, 5) is 25.6. The van der Waals surface area contributed by atoms with E-state index < -0.39 is 0 Å². The van der Waals surface area contributed by atoms with E-state index in [2.05, 4.69) is 20.3 Å². The van der Waals surface area contributed by atoms with Gasteiger partial charge in [-0.05, 0) is 54.8 Å². The topological polar surface area (TPSA) is 67.8 Å². The standard InChI is InChI=1S/C23H20N4O/c1-15(17-7-9-18(10-8-17)20-6-3-11-24-14-20)27-23(28)21-13-19-5-4-12-25-22(19)26-16(21)2/h3-15H,1-2H3,(H,27,28)/t15-/m1/s1. The van der Waals surface area contributed by atoms with Crippen molar-refractivity contribution < 1.29 is 4.79 Å². The van der Waals surface area contributed by atoms with E-state index in [-0.39, 0.29) is 11.9 Å². The molecule has 4 rings (SSSR count). The number of nitrogens with zero attached hydrogens (tertiary/aromatic N) is 3. The number of pyridine rings is 3. The van der Waals surface area contributed by atoms with Gasteiger partial charge in [0, 0.05) is 24.0 Å². The normalized spacial score (nSPS) is 11.9. The second-order valence-corrected chi connectivity index (χ2v) is 6.73. The van der Waals surface area contributed by atoms with Gasteiger partial charge < -0.3 is 5.32 Å². The summed E-state index contributed by atoms with van der Waals surface area (Å²) in [5, 5.41) is 3.92. The first-order valence-electron chi connectivity index (χ1n) is 9.15. The van der Waals surface area contributed by atoms with Crippen molar-refractivity contribution in [3.05, 3.63) is 90.0 Å². The van der Waals surface area contributed by atoms with Crippen molar-refractivity contribution in [3.63, 3.8) is 0 Å². The van der Waals surface area contributed by atoms with Gasteiger partial charge in [0.25, 0.3) is 5.91 Å². The number of amides is 1. The lowest BCUT2D eigenvalue weighted by Crippen LogP contribution is -2.27. The molecule has 0 radical (unpaired) electrons. The van der Waals surface area contributed by atoms with Crippen molar-refractivity contribution in [2.24, 2.45) is 0 Å². The van der Waals surface area contributed by atoms with Gasteiger partial charge in [-0.25, -0.2) is 9.97 Å². The van der Waals surface area contributed by atoms with Crippen LogP contribution in [0.15, 0.2) is 73.2 Å². The van der Waals surface area contributed by atoms with Gasteiger partial charge in [-0.2, -0.15) is 0 Å². The van der Waals surface area contributed by atoms with Crippen LogP contribution < -0.4 is 5.32 Å². The minimum atomic E-state index is -0.139. The Bertz CT molecular complexity index is 1120. The molecule has 0 fully saturated rings. The van der Waals surface area contributed by atoms with Gasteiger partial charge in [-0.3, -0.25) is 9.78 Å². The fourth-order valence-corrected chi connectivity index (χ4v) is 3.18. The van der Waals surface area contributed by atoms with Gasteiger partial charge in [0.2, 0.25) is 0 Å². The minimum absolute atomic E-state index is 0.126. The molecule has 1 N–H and O–H groups in total. The summed E-state index contributed by atoms with van der Waals surface area (Å²) in [6.07, 6.45) is 5.30. The van der Waals surface area contributed by atoms with Crippen LogP contribution in [0.25, 0.3) is 22.2 Å². The van der Waals surface area contributed by atoms with Gasteiger partial charge in [0.05, 0.1) is 17.3 Å². The number of hydrogen-bond donors (Lipinski definition) is 1. The lowest BCUT2D eigenvalue weighted by molar-refractivity contribution is 0.0939. The molecule has 0 bridgehead atoms. The minimum Gasteiger partial charge on any atom is -0.345 e. The summed E-state index contributed by atoms with van der Waals surface area (Å²) >= 11 is 0. The SMILES string of the molecule is Cc1nc2ncccc2cc1C(=O)N[C@H](C)c1ccc(-c2cccnc2)cc1. The first kappa shape index (κ1) is 17.8. The van der Waals surface area contributed by atoms with Crippen molar-refractivity contribution in [2.45, 2.75) is 19.9 Å². The van der Waals surface area contributed by atoms with E-state index in [4.69, 9.17) is 0 Å². The average molecular weight is 368 g/mol. The Morgan fingerprint density at radius 1 is 1.00 bits per heavy atom. The van der Waals surface area contributed by atoms with Gasteiger partial charge in [-0.15, -0.1) is 0 Å². The fourth-order valence-electron chi connectivity index (χ4n) is 3.18. The van der Waals surface area contributed by atoms with E-state index in [1.807, 2.05) is 74.6 Å². The molecule has 5 nitrogen and oxygen atoms in total. The molecule has 5 heteroatoms. The number of benzene rings is 1. The average Bonchev–Trinajstić information content (AvgIpc) is 2.74. The van der Waals surface area contributed by atoms with E-state index in [0.29, 0.717) is 16.9 Å². The Balaban J connectivity index is 1.52. The molecule has 0 unspecified atom stereocenters. The third-order valence-corrected chi connectivity index (χ3v) is 4.78. The number of fused-ring (bicyclic) bond motifs is 1. The van der Waals surface area contributed by atoms with Crippen LogP contribution in [0.5, 0.6) is 0 Å². The maximum atomic E-state index is 12.8. The Morgan fingerprint density at radius 2 is 1.79 bits per heavy atom. The molecule has 0 saturated heterocycles. The lowest BCUT2D eigenvalue weighted by atomic mass is 10.0. The van der Waals surface area contributed by atoms with E-state index in [0.717, 1.165) is 22.1 Å². The predicted molar refractivity (Wildman–Crippen MR) is 110 cm³/mol. The predicted octanol–water partition coefficient (Wildman–Crippen LogP) is 4.49. The van der Waals surface area contributed by atoms with Crippen molar-refractivity contribution in [1.82, 2.24) is 20.3 Å². The fraction of sp³-hybridized carbons (Fsp3) is 0.130. The maximum absolute atomic E-state index is 12.8. The van der Waals surface area contributed by atoms with Crippen LogP contribution in [0.4, 0.5) is 0 Å². The Hall–Kier alpha value is -3.60. The van der Waals surface area contributed by atoms with Crippen LogP contribution >= 0.6 is 0 Å². The van der Waals surface area contributed by atoms with Crippen molar-refractivity contribution in [2.75, 3.05) is 0 Å². The number of carbonyl (C=O) groups excluding carboxylic acids is 1. The number of aryl methyl sites for hydroxylation is 1. The molecule has 0 aliphatic rings. The highest BCUT2D eigenvalue weighted by atomic mass is 16.1.